The SMILES string of the molecule is CC(C)N(Cc1cccc(/C(N)=N/O)c1F)CC(F)(F)F. The van der Waals surface area contributed by atoms with E-state index >= 15 is 0 Å². The van der Waals surface area contributed by atoms with Crippen LogP contribution in [0.4, 0.5) is 17.6 Å². The summed E-state index contributed by atoms with van der Waals surface area (Å²) in [6.45, 7) is 1.82. The Hall–Kier alpha value is -1.83. The highest BCUT2D eigenvalue weighted by atomic mass is 19.4. The first-order chi connectivity index (χ1) is 9.65. The number of benzene rings is 1. The lowest BCUT2D eigenvalue weighted by Crippen LogP contribution is -2.38. The van der Waals surface area contributed by atoms with Crippen LogP contribution in [0.3, 0.4) is 0 Å². The molecule has 0 aliphatic carbocycles. The summed E-state index contributed by atoms with van der Waals surface area (Å²) in [4.78, 5) is 1.09. The van der Waals surface area contributed by atoms with E-state index in [1.165, 1.54) is 18.2 Å². The highest BCUT2D eigenvalue weighted by molar-refractivity contribution is 5.97. The maximum atomic E-state index is 14.2. The minimum Gasteiger partial charge on any atom is -0.409 e. The minimum atomic E-state index is -4.37. The Labute approximate surface area is 119 Å². The molecule has 1 aromatic carbocycles. The topological polar surface area (TPSA) is 61.8 Å². The van der Waals surface area contributed by atoms with Gasteiger partial charge in [0.05, 0.1) is 12.1 Å². The van der Waals surface area contributed by atoms with Crippen LogP contribution in [-0.4, -0.2) is 34.7 Å². The predicted molar refractivity (Wildman–Crippen MR) is 70.5 cm³/mol. The molecule has 1 rings (SSSR count). The lowest BCUT2D eigenvalue weighted by atomic mass is 10.1. The van der Waals surface area contributed by atoms with Crippen LogP contribution in [-0.2, 0) is 6.54 Å². The number of nitrogens with zero attached hydrogens (tertiary/aromatic N) is 2. The summed E-state index contributed by atoms with van der Waals surface area (Å²) in [6, 6.07) is 3.68. The third-order valence-electron chi connectivity index (χ3n) is 2.95. The van der Waals surface area contributed by atoms with Gasteiger partial charge in [0.2, 0.25) is 0 Å². The smallest absolute Gasteiger partial charge is 0.401 e. The molecule has 0 amide bonds. The van der Waals surface area contributed by atoms with Crippen molar-refractivity contribution in [3.8, 4) is 0 Å². The van der Waals surface area contributed by atoms with Gasteiger partial charge in [-0.15, -0.1) is 0 Å². The number of amidine groups is 1. The van der Waals surface area contributed by atoms with Crippen LogP contribution in [0.25, 0.3) is 0 Å². The van der Waals surface area contributed by atoms with E-state index in [1.807, 2.05) is 0 Å². The minimum absolute atomic E-state index is 0.0528. The maximum absolute atomic E-state index is 14.2. The molecule has 3 N–H and O–H groups in total. The Morgan fingerprint density at radius 1 is 1.38 bits per heavy atom. The molecule has 0 radical (unpaired) electrons. The van der Waals surface area contributed by atoms with Crippen LogP contribution in [0.1, 0.15) is 25.0 Å². The van der Waals surface area contributed by atoms with E-state index in [1.54, 1.807) is 13.8 Å². The Balaban J connectivity index is 3.05. The van der Waals surface area contributed by atoms with Crippen molar-refractivity contribution in [1.82, 2.24) is 4.90 Å². The normalized spacial score (nSPS) is 13.2. The molecule has 1 aromatic rings. The van der Waals surface area contributed by atoms with Gasteiger partial charge >= 0.3 is 6.18 Å². The molecule has 118 valence electrons. The Morgan fingerprint density at radius 3 is 2.48 bits per heavy atom. The van der Waals surface area contributed by atoms with Crippen LogP contribution in [0.15, 0.2) is 23.4 Å². The molecule has 0 aliphatic heterocycles. The average molecular weight is 307 g/mol. The molecule has 4 nitrogen and oxygen atoms in total. The van der Waals surface area contributed by atoms with E-state index < -0.39 is 30.4 Å². The van der Waals surface area contributed by atoms with Gasteiger partial charge in [-0.3, -0.25) is 4.90 Å². The van der Waals surface area contributed by atoms with Gasteiger partial charge in [0.15, 0.2) is 5.84 Å². The van der Waals surface area contributed by atoms with Gasteiger partial charge in [-0.1, -0.05) is 17.3 Å². The lowest BCUT2D eigenvalue weighted by molar-refractivity contribution is -0.151. The first-order valence-electron chi connectivity index (χ1n) is 6.21. The van der Waals surface area contributed by atoms with Crippen molar-refractivity contribution < 1.29 is 22.8 Å². The lowest BCUT2D eigenvalue weighted by Gasteiger charge is -2.27. The molecule has 0 unspecified atom stereocenters. The van der Waals surface area contributed by atoms with Crippen molar-refractivity contribution in [3.05, 3.63) is 35.1 Å². The number of nitrogens with two attached hydrogens (primary N) is 1. The van der Waals surface area contributed by atoms with E-state index in [4.69, 9.17) is 10.9 Å². The van der Waals surface area contributed by atoms with Gasteiger partial charge in [0.25, 0.3) is 0 Å². The van der Waals surface area contributed by atoms with Crippen LogP contribution in [0.5, 0.6) is 0 Å². The quantitative estimate of drug-likeness (QED) is 0.289. The van der Waals surface area contributed by atoms with Gasteiger partial charge in [0, 0.05) is 18.2 Å². The first-order valence-corrected chi connectivity index (χ1v) is 6.21. The molecular formula is C13H17F4N3O. The zero-order valence-electron chi connectivity index (χ0n) is 11.7. The Bertz CT molecular complexity index is 515. The highest BCUT2D eigenvalue weighted by Gasteiger charge is 2.32. The number of alkyl halides is 3. The summed E-state index contributed by atoms with van der Waals surface area (Å²) in [5.74, 6) is -1.22. The van der Waals surface area contributed by atoms with Gasteiger partial charge in [0.1, 0.15) is 5.82 Å². The molecule has 0 fully saturated rings. The molecule has 8 heteroatoms. The summed E-state index contributed by atoms with van der Waals surface area (Å²) < 4.78 is 51.8. The van der Waals surface area contributed by atoms with E-state index in [-0.39, 0.29) is 17.7 Å². The fourth-order valence-electron chi connectivity index (χ4n) is 1.82. The third kappa shape index (κ3) is 4.89. The molecule has 0 heterocycles. The molecule has 21 heavy (non-hydrogen) atoms. The molecule has 0 atom stereocenters. The van der Waals surface area contributed by atoms with Crippen molar-refractivity contribution in [2.24, 2.45) is 10.9 Å². The largest absolute Gasteiger partial charge is 0.409 e. The van der Waals surface area contributed by atoms with Crippen molar-refractivity contribution >= 4 is 5.84 Å². The van der Waals surface area contributed by atoms with E-state index in [9.17, 15) is 17.6 Å². The molecular weight excluding hydrogens is 290 g/mol. The number of hydrogen-bond donors (Lipinski definition) is 2. The number of hydrogen-bond acceptors (Lipinski definition) is 3. The molecule has 0 aliphatic rings. The maximum Gasteiger partial charge on any atom is 0.401 e. The molecule has 0 saturated carbocycles. The van der Waals surface area contributed by atoms with E-state index in [2.05, 4.69) is 5.16 Å². The van der Waals surface area contributed by atoms with Crippen molar-refractivity contribution in [1.29, 1.82) is 0 Å². The Morgan fingerprint density at radius 2 is 2.00 bits per heavy atom. The zero-order chi connectivity index (χ0) is 16.2. The zero-order valence-corrected chi connectivity index (χ0v) is 11.7. The van der Waals surface area contributed by atoms with Crippen LogP contribution in [0.2, 0.25) is 0 Å². The monoisotopic (exact) mass is 307 g/mol. The first kappa shape index (κ1) is 17.2. The van der Waals surface area contributed by atoms with Gasteiger partial charge in [-0.25, -0.2) is 4.39 Å². The highest BCUT2D eigenvalue weighted by Crippen LogP contribution is 2.21. The Kier molecular flexibility index (Phi) is 5.54. The summed E-state index contributed by atoms with van der Waals surface area (Å²) >= 11 is 0. The van der Waals surface area contributed by atoms with Crippen LogP contribution in [0, 0.1) is 5.82 Å². The van der Waals surface area contributed by atoms with Gasteiger partial charge in [-0.05, 0) is 19.9 Å². The summed E-state index contributed by atoms with van der Waals surface area (Å²) in [7, 11) is 0. The fourth-order valence-corrected chi connectivity index (χ4v) is 1.82. The van der Waals surface area contributed by atoms with Crippen molar-refractivity contribution in [2.45, 2.75) is 32.6 Å². The number of rotatable bonds is 5. The summed E-state index contributed by atoms with van der Waals surface area (Å²) in [5, 5.41) is 11.3. The predicted octanol–water partition coefficient (Wildman–Crippen LogP) is 2.69. The van der Waals surface area contributed by atoms with Gasteiger partial charge in [-0.2, -0.15) is 13.2 Å². The number of oxime groups is 1. The van der Waals surface area contributed by atoms with E-state index in [0.29, 0.717) is 0 Å². The van der Waals surface area contributed by atoms with E-state index in [0.717, 1.165) is 4.90 Å². The molecule has 0 spiro atoms. The van der Waals surface area contributed by atoms with Crippen LogP contribution >= 0.6 is 0 Å². The summed E-state index contributed by atoms with van der Waals surface area (Å²) in [6.07, 6.45) is -4.37. The second-order valence-electron chi connectivity index (χ2n) is 4.88. The van der Waals surface area contributed by atoms with Crippen molar-refractivity contribution in [2.75, 3.05) is 6.54 Å². The standard InChI is InChI=1S/C13H17F4N3O/c1-8(2)20(7-13(15,16)17)6-9-4-3-5-10(11(9)14)12(18)19-21/h3-5,8,21H,6-7H2,1-2H3,(H2,18,19). The van der Waals surface area contributed by atoms with Crippen LogP contribution < -0.4 is 5.73 Å². The third-order valence-corrected chi connectivity index (χ3v) is 2.95. The second kappa shape index (κ2) is 6.75. The average Bonchev–Trinajstić information content (AvgIpc) is 2.37. The summed E-state index contributed by atoms with van der Waals surface area (Å²) in [5.41, 5.74) is 5.23. The number of halogens is 4. The van der Waals surface area contributed by atoms with Crippen molar-refractivity contribution in [3.63, 3.8) is 0 Å². The molecule has 0 bridgehead atoms. The van der Waals surface area contributed by atoms with Gasteiger partial charge < -0.3 is 10.9 Å². The molecule has 0 saturated heterocycles. The fraction of sp³-hybridized carbons (Fsp3) is 0.462. The second-order valence-corrected chi connectivity index (χ2v) is 4.88. The molecule has 0 aromatic heterocycles.